The molecule has 0 bridgehead atoms. The van der Waals surface area contributed by atoms with Crippen LogP contribution < -0.4 is 4.90 Å². The molecule has 1 N–H and O–H groups in total. The summed E-state index contributed by atoms with van der Waals surface area (Å²) in [5.74, 6) is 0. The third-order valence-corrected chi connectivity index (χ3v) is 6.25. The molecule has 0 radical (unpaired) electrons. The first kappa shape index (κ1) is 16.2. The Labute approximate surface area is 138 Å². The maximum absolute atomic E-state index is 12.7. The number of quaternary nitrogens is 1. The summed E-state index contributed by atoms with van der Waals surface area (Å²) in [6.07, 6.45) is 0. The summed E-state index contributed by atoms with van der Waals surface area (Å²) in [4.78, 5) is 1.84. The number of rotatable bonds is 4. The van der Waals surface area contributed by atoms with Crippen molar-refractivity contribution in [1.82, 2.24) is 4.31 Å². The Kier molecular flexibility index (Phi) is 4.80. The van der Waals surface area contributed by atoms with Crippen LogP contribution in [0.25, 0.3) is 0 Å². The van der Waals surface area contributed by atoms with Crippen molar-refractivity contribution in [3.8, 4) is 0 Å². The van der Waals surface area contributed by atoms with Crippen molar-refractivity contribution in [2.75, 3.05) is 26.2 Å². The summed E-state index contributed by atoms with van der Waals surface area (Å²) in [5, 5.41) is 0. The van der Waals surface area contributed by atoms with Gasteiger partial charge in [0.15, 0.2) is 0 Å². The minimum Gasteiger partial charge on any atom is -0.329 e. The van der Waals surface area contributed by atoms with Crippen molar-refractivity contribution in [2.24, 2.45) is 0 Å². The highest BCUT2D eigenvalue weighted by Crippen LogP contribution is 2.16. The lowest BCUT2D eigenvalue weighted by Gasteiger charge is -2.31. The van der Waals surface area contributed by atoms with Gasteiger partial charge in [0.25, 0.3) is 0 Å². The van der Waals surface area contributed by atoms with E-state index in [2.05, 4.69) is 12.1 Å². The van der Waals surface area contributed by atoms with E-state index in [1.807, 2.05) is 31.2 Å². The Balaban J connectivity index is 1.64. The highest BCUT2D eigenvalue weighted by atomic mass is 32.2. The molecule has 4 nitrogen and oxygen atoms in total. The average molecular weight is 331 g/mol. The van der Waals surface area contributed by atoms with Crippen molar-refractivity contribution >= 4 is 10.0 Å². The molecule has 2 aromatic rings. The van der Waals surface area contributed by atoms with Crippen LogP contribution in [0.5, 0.6) is 0 Å². The fraction of sp³-hybridized carbons (Fsp3) is 0.333. The fourth-order valence-corrected chi connectivity index (χ4v) is 4.58. The van der Waals surface area contributed by atoms with E-state index < -0.39 is 10.0 Å². The zero-order valence-electron chi connectivity index (χ0n) is 13.4. The summed E-state index contributed by atoms with van der Waals surface area (Å²) in [5.41, 5.74) is 2.27. The molecule has 0 saturated carbocycles. The lowest BCUT2D eigenvalue weighted by molar-refractivity contribution is -0.917. The van der Waals surface area contributed by atoms with Gasteiger partial charge in [0.05, 0.1) is 31.1 Å². The van der Waals surface area contributed by atoms with Crippen LogP contribution in [0.1, 0.15) is 11.1 Å². The molecule has 0 atom stereocenters. The van der Waals surface area contributed by atoms with Crippen LogP contribution in [0.4, 0.5) is 0 Å². The molecule has 0 spiro atoms. The molecule has 0 aliphatic carbocycles. The lowest BCUT2D eigenvalue weighted by Crippen LogP contribution is -3.13. The highest BCUT2D eigenvalue weighted by Gasteiger charge is 2.30. The van der Waals surface area contributed by atoms with Crippen molar-refractivity contribution in [2.45, 2.75) is 18.4 Å². The van der Waals surface area contributed by atoms with Crippen molar-refractivity contribution < 1.29 is 13.3 Å². The van der Waals surface area contributed by atoms with Gasteiger partial charge in [0, 0.05) is 5.56 Å². The maximum Gasteiger partial charge on any atom is 0.243 e. The molecular weight excluding hydrogens is 308 g/mol. The van der Waals surface area contributed by atoms with Gasteiger partial charge in [0.1, 0.15) is 6.54 Å². The van der Waals surface area contributed by atoms with Crippen molar-refractivity contribution in [1.29, 1.82) is 0 Å². The van der Waals surface area contributed by atoms with Crippen molar-refractivity contribution in [3.63, 3.8) is 0 Å². The Morgan fingerprint density at radius 1 is 1.00 bits per heavy atom. The molecule has 5 heteroatoms. The zero-order chi connectivity index (χ0) is 16.3. The van der Waals surface area contributed by atoms with E-state index in [-0.39, 0.29) is 0 Å². The quantitative estimate of drug-likeness (QED) is 0.911. The van der Waals surface area contributed by atoms with Crippen LogP contribution in [0.15, 0.2) is 59.5 Å². The van der Waals surface area contributed by atoms with E-state index >= 15 is 0 Å². The number of hydrogen-bond acceptors (Lipinski definition) is 2. The molecule has 1 aliphatic heterocycles. The zero-order valence-corrected chi connectivity index (χ0v) is 14.2. The summed E-state index contributed by atoms with van der Waals surface area (Å²) in [6.45, 7) is 5.73. The smallest absolute Gasteiger partial charge is 0.243 e. The highest BCUT2D eigenvalue weighted by molar-refractivity contribution is 7.89. The van der Waals surface area contributed by atoms with Crippen LogP contribution in [-0.4, -0.2) is 38.9 Å². The number of aryl methyl sites for hydroxylation is 1. The molecule has 1 aliphatic rings. The molecular formula is C18H23N2O2S+. The first-order chi connectivity index (χ1) is 11.1. The van der Waals surface area contributed by atoms with Crippen LogP contribution in [-0.2, 0) is 16.6 Å². The summed E-state index contributed by atoms with van der Waals surface area (Å²) in [7, 11) is -3.36. The SMILES string of the molecule is Cc1cccc(S(=O)(=O)N2CC[NH+](Cc3ccccc3)CC2)c1. The van der Waals surface area contributed by atoms with Gasteiger partial charge in [-0.1, -0.05) is 42.5 Å². The number of hydrogen-bond donors (Lipinski definition) is 1. The Bertz CT molecular complexity index is 752. The predicted octanol–water partition coefficient (Wildman–Crippen LogP) is 1.08. The van der Waals surface area contributed by atoms with Gasteiger partial charge in [-0.2, -0.15) is 4.31 Å². The van der Waals surface area contributed by atoms with Crippen LogP contribution in [0.2, 0.25) is 0 Å². The Hall–Kier alpha value is -1.69. The molecule has 2 aromatic carbocycles. The van der Waals surface area contributed by atoms with Crippen LogP contribution in [0.3, 0.4) is 0 Å². The maximum atomic E-state index is 12.7. The molecule has 0 amide bonds. The minimum absolute atomic E-state index is 0.406. The molecule has 1 saturated heterocycles. The minimum atomic E-state index is -3.36. The molecule has 122 valence electrons. The number of benzene rings is 2. The first-order valence-electron chi connectivity index (χ1n) is 8.00. The third kappa shape index (κ3) is 3.80. The van der Waals surface area contributed by atoms with E-state index in [0.29, 0.717) is 18.0 Å². The average Bonchev–Trinajstić information content (AvgIpc) is 2.56. The van der Waals surface area contributed by atoms with Crippen LogP contribution in [0, 0.1) is 6.92 Å². The van der Waals surface area contributed by atoms with Gasteiger partial charge in [0.2, 0.25) is 10.0 Å². The monoisotopic (exact) mass is 331 g/mol. The van der Waals surface area contributed by atoms with Gasteiger partial charge in [-0.05, 0) is 24.6 Å². The Morgan fingerprint density at radius 3 is 2.35 bits per heavy atom. The summed E-state index contributed by atoms with van der Waals surface area (Å²) < 4.78 is 27.1. The lowest BCUT2D eigenvalue weighted by atomic mass is 10.2. The fourth-order valence-electron chi connectivity index (χ4n) is 3.03. The topological polar surface area (TPSA) is 41.8 Å². The van der Waals surface area contributed by atoms with Crippen molar-refractivity contribution in [3.05, 3.63) is 65.7 Å². The van der Waals surface area contributed by atoms with E-state index in [1.54, 1.807) is 22.5 Å². The molecule has 0 unspecified atom stereocenters. The second kappa shape index (κ2) is 6.83. The molecule has 1 fully saturated rings. The third-order valence-electron chi connectivity index (χ3n) is 4.35. The predicted molar refractivity (Wildman–Crippen MR) is 90.8 cm³/mol. The van der Waals surface area contributed by atoms with Crippen LogP contribution >= 0.6 is 0 Å². The van der Waals surface area contributed by atoms with Gasteiger partial charge in [-0.15, -0.1) is 0 Å². The molecule has 0 aromatic heterocycles. The van der Waals surface area contributed by atoms with Gasteiger partial charge >= 0.3 is 0 Å². The van der Waals surface area contributed by atoms with E-state index in [0.717, 1.165) is 25.2 Å². The molecule has 1 heterocycles. The Morgan fingerprint density at radius 2 is 1.70 bits per heavy atom. The number of sulfonamides is 1. The second-order valence-corrected chi connectivity index (χ2v) is 8.07. The van der Waals surface area contributed by atoms with E-state index in [9.17, 15) is 8.42 Å². The standard InChI is InChI=1S/C18H22N2O2S/c1-16-6-5-9-18(14-16)23(21,22)20-12-10-19(11-13-20)15-17-7-3-2-4-8-17/h2-9,14H,10-13,15H2,1H3/p+1. The normalized spacial score (nSPS) is 17.3. The molecule has 3 rings (SSSR count). The first-order valence-corrected chi connectivity index (χ1v) is 9.44. The second-order valence-electron chi connectivity index (χ2n) is 6.13. The van der Waals surface area contributed by atoms with Gasteiger partial charge in [-0.3, -0.25) is 0 Å². The summed E-state index contributed by atoms with van der Waals surface area (Å²) >= 11 is 0. The largest absolute Gasteiger partial charge is 0.329 e. The molecule has 23 heavy (non-hydrogen) atoms. The number of nitrogens with one attached hydrogen (secondary N) is 1. The van der Waals surface area contributed by atoms with E-state index in [1.165, 1.54) is 10.5 Å². The number of piperazine rings is 1. The van der Waals surface area contributed by atoms with E-state index in [4.69, 9.17) is 0 Å². The van der Waals surface area contributed by atoms with Gasteiger partial charge < -0.3 is 4.90 Å². The van der Waals surface area contributed by atoms with Gasteiger partial charge in [-0.25, -0.2) is 8.42 Å². The summed E-state index contributed by atoms with van der Waals surface area (Å²) in [6, 6.07) is 17.5. The number of nitrogens with zero attached hydrogens (tertiary/aromatic N) is 1.